The molecule has 0 aliphatic carbocycles. The van der Waals surface area contributed by atoms with Gasteiger partial charge < -0.3 is 9.84 Å². The van der Waals surface area contributed by atoms with Crippen LogP contribution in [-0.2, 0) is 9.59 Å². The van der Waals surface area contributed by atoms with Crippen LogP contribution in [-0.4, -0.2) is 28.9 Å². The number of ether oxygens (including phenoxy) is 1. The zero-order valence-corrected chi connectivity index (χ0v) is 19.9. The van der Waals surface area contributed by atoms with Crippen molar-refractivity contribution in [2.24, 2.45) is 0 Å². The van der Waals surface area contributed by atoms with Crippen molar-refractivity contribution in [1.29, 1.82) is 0 Å². The molecule has 0 spiro atoms. The van der Waals surface area contributed by atoms with Crippen LogP contribution in [0.15, 0.2) is 72.3 Å². The summed E-state index contributed by atoms with van der Waals surface area (Å²) in [6.45, 7) is 1.93. The number of anilines is 1. The SMILES string of the molecule is COc1ccccc1/C(O)=C1\C(=O)C(=O)N(c2nc3ccc(Cl)cc3s2)C1c1cccc(C)c1. The lowest BCUT2D eigenvalue weighted by molar-refractivity contribution is -0.132. The Labute approximate surface area is 204 Å². The van der Waals surface area contributed by atoms with Gasteiger partial charge in [0.15, 0.2) is 5.13 Å². The predicted octanol–water partition coefficient (Wildman–Crippen LogP) is 5.89. The van der Waals surface area contributed by atoms with Crippen LogP contribution in [0.4, 0.5) is 5.13 Å². The molecule has 5 rings (SSSR count). The van der Waals surface area contributed by atoms with Gasteiger partial charge >= 0.3 is 5.91 Å². The van der Waals surface area contributed by atoms with Crippen molar-refractivity contribution in [2.75, 3.05) is 12.0 Å². The standard InChI is InChI=1S/C26H19ClN2O4S/c1-14-6-5-7-15(12-14)22-21(23(30)17-8-3-4-9-19(17)33-2)24(31)25(32)29(22)26-28-18-11-10-16(27)13-20(18)34-26/h3-13,22,30H,1-2H3/b23-21+. The lowest BCUT2D eigenvalue weighted by Gasteiger charge is -2.23. The van der Waals surface area contributed by atoms with E-state index in [1.807, 2.05) is 31.2 Å². The van der Waals surface area contributed by atoms with Crippen LogP contribution in [0.3, 0.4) is 0 Å². The van der Waals surface area contributed by atoms with E-state index in [2.05, 4.69) is 4.98 Å². The highest BCUT2D eigenvalue weighted by atomic mass is 35.5. The summed E-state index contributed by atoms with van der Waals surface area (Å²) in [5.41, 5.74) is 2.62. The molecular formula is C26H19ClN2O4S. The number of aliphatic hydroxyl groups excluding tert-OH is 1. The van der Waals surface area contributed by atoms with Gasteiger partial charge in [0.2, 0.25) is 0 Å². The van der Waals surface area contributed by atoms with Gasteiger partial charge in [0.1, 0.15) is 11.5 Å². The third kappa shape index (κ3) is 3.63. The molecule has 6 nitrogen and oxygen atoms in total. The van der Waals surface area contributed by atoms with Crippen molar-refractivity contribution in [3.63, 3.8) is 0 Å². The topological polar surface area (TPSA) is 79.7 Å². The van der Waals surface area contributed by atoms with Gasteiger partial charge in [-0.05, 0) is 42.8 Å². The second-order valence-corrected chi connectivity index (χ2v) is 9.34. The summed E-state index contributed by atoms with van der Waals surface area (Å²) >= 11 is 7.40. The van der Waals surface area contributed by atoms with Crippen LogP contribution in [0.1, 0.15) is 22.7 Å². The minimum atomic E-state index is -0.860. The first-order chi connectivity index (χ1) is 16.4. The summed E-state index contributed by atoms with van der Waals surface area (Å²) in [7, 11) is 1.48. The Kier molecular flexibility index (Phi) is 5.59. The number of fused-ring (bicyclic) bond motifs is 1. The maximum absolute atomic E-state index is 13.4. The lowest BCUT2D eigenvalue weighted by Crippen LogP contribution is -2.29. The maximum Gasteiger partial charge on any atom is 0.301 e. The van der Waals surface area contributed by atoms with Gasteiger partial charge in [0.25, 0.3) is 5.78 Å². The Morgan fingerprint density at radius 1 is 1.09 bits per heavy atom. The quantitative estimate of drug-likeness (QED) is 0.219. The third-order valence-electron chi connectivity index (χ3n) is 5.71. The van der Waals surface area contributed by atoms with Crippen LogP contribution in [0, 0.1) is 6.92 Å². The first-order valence-electron chi connectivity index (χ1n) is 10.5. The van der Waals surface area contributed by atoms with Gasteiger partial charge in [-0.3, -0.25) is 14.5 Å². The average Bonchev–Trinajstić information content (AvgIpc) is 3.36. The number of thiazole rings is 1. The molecule has 1 fully saturated rings. The van der Waals surface area contributed by atoms with Crippen LogP contribution >= 0.6 is 22.9 Å². The molecule has 1 saturated heterocycles. The van der Waals surface area contributed by atoms with Crippen molar-refractivity contribution in [3.8, 4) is 5.75 Å². The summed E-state index contributed by atoms with van der Waals surface area (Å²) in [6.07, 6.45) is 0. The van der Waals surface area contributed by atoms with Gasteiger partial charge in [-0.15, -0.1) is 0 Å². The van der Waals surface area contributed by atoms with Crippen molar-refractivity contribution in [3.05, 3.63) is 94.0 Å². The molecule has 1 atom stereocenters. The molecule has 1 N–H and O–H groups in total. The zero-order valence-electron chi connectivity index (χ0n) is 18.3. The number of para-hydroxylation sites is 1. The molecule has 170 valence electrons. The van der Waals surface area contributed by atoms with E-state index in [9.17, 15) is 14.7 Å². The molecule has 4 aromatic rings. The highest BCUT2D eigenvalue weighted by Gasteiger charge is 2.48. The molecule has 0 bridgehead atoms. The second-order valence-electron chi connectivity index (χ2n) is 7.89. The van der Waals surface area contributed by atoms with E-state index < -0.39 is 17.7 Å². The van der Waals surface area contributed by atoms with E-state index in [1.165, 1.54) is 23.3 Å². The molecule has 1 amide bonds. The molecule has 1 aliphatic heterocycles. The molecule has 0 saturated carbocycles. The number of hydrogen-bond donors (Lipinski definition) is 1. The molecule has 34 heavy (non-hydrogen) atoms. The number of aromatic nitrogens is 1. The number of methoxy groups -OCH3 is 1. The number of nitrogens with zero attached hydrogens (tertiary/aromatic N) is 2. The Hall–Kier alpha value is -3.68. The summed E-state index contributed by atoms with van der Waals surface area (Å²) < 4.78 is 6.17. The average molecular weight is 491 g/mol. The Bertz CT molecular complexity index is 1490. The summed E-state index contributed by atoms with van der Waals surface area (Å²) in [5.74, 6) is -1.45. The molecule has 1 aliphatic rings. The maximum atomic E-state index is 13.4. The normalized spacial score (nSPS) is 17.5. The fourth-order valence-corrected chi connectivity index (χ4v) is 5.43. The van der Waals surface area contributed by atoms with Crippen LogP contribution in [0.5, 0.6) is 5.75 Å². The van der Waals surface area contributed by atoms with Crippen molar-refractivity contribution in [2.45, 2.75) is 13.0 Å². The second kappa shape index (κ2) is 8.59. The molecule has 3 aromatic carbocycles. The number of carbonyl (C=O) groups excluding carboxylic acids is 2. The van der Waals surface area contributed by atoms with E-state index in [0.29, 0.717) is 32.5 Å². The Morgan fingerprint density at radius 2 is 1.88 bits per heavy atom. The summed E-state index contributed by atoms with van der Waals surface area (Å²) in [5, 5.41) is 12.2. The van der Waals surface area contributed by atoms with Crippen molar-refractivity contribution < 1.29 is 19.4 Å². The molecule has 2 heterocycles. The first-order valence-corrected chi connectivity index (χ1v) is 11.7. The van der Waals surface area contributed by atoms with Gasteiger partial charge in [0.05, 0.1) is 34.5 Å². The Morgan fingerprint density at radius 3 is 2.65 bits per heavy atom. The fraction of sp³-hybridized carbons (Fsp3) is 0.115. The van der Waals surface area contributed by atoms with E-state index in [-0.39, 0.29) is 11.3 Å². The highest BCUT2D eigenvalue weighted by Crippen LogP contribution is 2.45. The minimum Gasteiger partial charge on any atom is -0.507 e. The number of carbonyl (C=O) groups is 2. The highest BCUT2D eigenvalue weighted by molar-refractivity contribution is 7.22. The number of halogens is 1. The number of ketones is 1. The van der Waals surface area contributed by atoms with E-state index in [1.54, 1.807) is 42.5 Å². The third-order valence-corrected chi connectivity index (χ3v) is 6.96. The number of benzene rings is 3. The number of rotatable bonds is 4. The van der Waals surface area contributed by atoms with Gasteiger partial charge in [-0.2, -0.15) is 0 Å². The Balaban J connectivity index is 1.76. The fourth-order valence-electron chi connectivity index (χ4n) is 4.16. The summed E-state index contributed by atoms with van der Waals surface area (Å²) in [6, 6.07) is 18.7. The molecule has 1 aromatic heterocycles. The van der Waals surface area contributed by atoms with Gasteiger partial charge in [0, 0.05) is 5.02 Å². The molecule has 8 heteroatoms. The zero-order chi connectivity index (χ0) is 24.0. The number of amides is 1. The van der Waals surface area contributed by atoms with Gasteiger partial charge in [-0.1, -0.05) is 64.9 Å². The number of aliphatic hydroxyl groups is 1. The van der Waals surface area contributed by atoms with E-state index in [4.69, 9.17) is 16.3 Å². The van der Waals surface area contributed by atoms with E-state index in [0.717, 1.165) is 10.3 Å². The molecule has 1 unspecified atom stereocenters. The predicted molar refractivity (Wildman–Crippen MR) is 134 cm³/mol. The van der Waals surface area contributed by atoms with Crippen LogP contribution < -0.4 is 9.64 Å². The largest absolute Gasteiger partial charge is 0.507 e. The summed E-state index contributed by atoms with van der Waals surface area (Å²) in [4.78, 5) is 32.7. The van der Waals surface area contributed by atoms with Crippen LogP contribution in [0.2, 0.25) is 5.02 Å². The van der Waals surface area contributed by atoms with Gasteiger partial charge in [-0.25, -0.2) is 4.98 Å². The first kappa shape index (κ1) is 22.1. The monoisotopic (exact) mass is 490 g/mol. The van der Waals surface area contributed by atoms with Crippen molar-refractivity contribution in [1.82, 2.24) is 4.98 Å². The molecule has 0 radical (unpaired) electrons. The van der Waals surface area contributed by atoms with Crippen molar-refractivity contribution >= 4 is 55.7 Å². The smallest absolute Gasteiger partial charge is 0.301 e. The molecular weight excluding hydrogens is 472 g/mol. The number of aryl methyl sites for hydroxylation is 1. The number of Topliss-reactive ketones (excluding diaryl/α,β-unsaturated/α-hetero) is 1. The number of hydrogen-bond acceptors (Lipinski definition) is 6. The minimum absolute atomic E-state index is 0.0163. The van der Waals surface area contributed by atoms with E-state index >= 15 is 0 Å². The lowest BCUT2D eigenvalue weighted by atomic mass is 9.94. The van der Waals surface area contributed by atoms with Crippen LogP contribution in [0.25, 0.3) is 16.0 Å².